The lowest BCUT2D eigenvalue weighted by molar-refractivity contribution is -0.163. The van der Waals surface area contributed by atoms with Crippen LogP contribution in [0.1, 0.15) is 19.4 Å². The van der Waals surface area contributed by atoms with E-state index < -0.39 is 5.79 Å². The Morgan fingerprint density at radius 3 is 2.68 bits per heavy atom. The molecule has 0 radical (unpaired) electrons. The van der Waals surface area contributed by atoms with E-state index in [0.717, 1.165) is 13.1 Å². The Kier molecular flexibility index (Phi) is 3.35. The number of nitrogens with zero attached hydrogens (tertiary/aromatic N) is 1. The molecule has 0 aromatic heterocycles. The van der Waals surface area contributed by atoms with Crippen LogP contribution in [0.5, 0.6) is 0 Å². The first-order chi connectivity index (χ1) is 9.09. The summed E-state index contributed by atoms with van der Waals surface area (Å²) in [5.74, 6) is -0.526. The summed E-state index contributed by atoms with van der Waals surface area (Å²) < 4.78 is 11.8. The Morgan fingerprint density at radius 1 is 1.26 bits per heavy atom. The molecule has 3 atom stereocenters. The number of likely N-dealkylation sites (tertiary alicyclic amines) is 1. The van der Waals surface area contributed by atoms with Crippen LogP contribution in [0.15, 0.2) is 30.3 Å². The van der Waals surface area contributed by atoms with Gasteiger partial charge >= 0.3 is 0 Å². The van der Waals surface area contributed by atoms with Crippen LogP contribution in [0.4, 0.5) is 0 Å². The van der Waals surface area contributed by atoms with E-state index in [1.54, 1.807) is 0 Å². The maximum atomic E-state index is 9.65. The predicted octanol–water partition coefficient (Wildman–Crippen LogP) is 1.38. The largest absolute Gasteiger partial charge is 0.395 e. The molecule has 2 fully saturated rings. The van der Waals surface area contributed by atoms with Gasteiger partial charge in [-0.15, -0.1) is 0 Å². The maximum absolute atomic E-state index is 9.65. The van der Waals surface area contributed by atoms with Gasteiger partial charge in [-0.2, -0.15) is 0 Å². The summed E-state index contributed by atoms with van der Waals surface area (Å²) in [5, 5.41) is 9.65. The molecule has 1 aromatic carbocycles. The van der Waals surface area contributed by atoms with Crippen LogP contribution in [-0.4, -0.2) is 47.2 Å². The Hall–Kier alpha value is -0.940. The average molecular weight is 263 g/mol. The number of fused-ring (bicyclic) bond motifs is 1. The minimum Gasteiger partial charge on any atom is -0.395 e. The Labute approximate surface area is 113 Å². The number of rotatable bonds is 3. The van der Waals surface area contributed by atoms with Crippen molar-refractivity contribution >= 4 is 0 Å². The number of hydrogen-bond acceptors (Lipinski definition) is 4. The van der Waals surface area contributed by atoms with E-state index in [-0.39, 0.29) is 24.9 Å². The molecule has 2 saturated heterocycles. The number of aliphatic hydroxyl groups is 1. The van der Waals surface area contributed by atoms with Gasteiger partial charge in [-0.3, -0.25) is 4.90 Å². The first-order valence-electron chi connectivity index (χ1n) is 6.83. The van der Waals surface area contributed by atoms with Crippen molar-refractivity contribution in [2.75, 3.05) is 13.2 Å². The fourth-order valence-electron chi connectivity index (χ4n) is 3.12. The molecule has 2 aliphatic rings. The molecule has 4 nitrogen and oxygen atoms in total. The minimum absolute atomic E-state index is 0.0204. The number of ether oxygens (including phenoxy) is 2. The lowest BCUT2D eigenvalue weighted by atomic mass is 10.1. The Balaban J connectivity index is 1.72. The van der Waals surface area contributed by atoms with E-state index in [0.29, 0.717) is 0 Å². The van der Waals surface area contributed by atoms with E-state index in [2.05, 4.69) is 17.0 Å². The molecule has 0 spiro atoms. The molecule has 3 rings (SSSR count). The zero-order valence-corrected chi connectivity index (χ0v) is 11.5. The molecule has 4 heteroatoms. The van der Waals surface area contributed by atoms with Gasteiger partial charge in [-0.1, -0.05) is 30.3 Å². The van der Waals surface area contributed by atoms with Gasteiger partial charge in [0.2, 0.25) is 0 Å². The van der Waals surface area contributed by atoms with Gasteiger partial charge in [0.15, 0.2) is 5.79 Å². The average Bonchev–Trinajstić information content (AvgIpc) is 2.81. The van der Waals surface area contributed by atoms with Crippen molar-refractivity contribution in [3.63, 3.8) is 0 Å². The van der Waals surface area contributed by atoms with Crippen molar-refractivity contribution in [1.82, 2.24) is 4.90 Å². The van der Waals surface area contributed by atoms with Gasteiger partial charge in [0, 0.05) is 13.1 Å². The summed E-state index contributed by atoms with van der Waals surface area (Å²) in [6.07, 6.45) is 0.0413. The highest BCUT2D eigenvalue weighted by Gasteiger charge is 2.51. The topological polar surface area (TPSA) is 41.9 Å². The molecule has 0 saturated carbocycles. The van der Waals surface area contributed by atoms with Crippen LogP contribution in [0, 0.1) is 0 Å². The molecule has 0 amide bonds. The summed E-state index contributed by atoms with van der Waals surface area (Å²) in [4.78, 5) is 2.25. The summed E-state index contributed by atoms with van der Waals surface area (Å²) in [5.41, 5.74) is 1.25. The molecule has 104 valence electrons. The molecular formula is C15H21NO3. The van der Waals surface area contributed by atoms with Crippen molar-refractivity contribution < 1.29 is 14.6 Å². The SMILES string of the molecule is CC1(C)O[C@H]2[C@H](CN(Cc3ccccc3)[C@H]2CO)O1. The summed E-state index contributed by atoms with van der Waals surface area (Å²) in [6.45, 7) is 5.61. The van der Waals surface area contributed by atoms with Crippen molar-refractivity contribution in [2.24, 2.45) is 0 Å². The molecule has 1 N–H and O–H groups in total. The second-order valence-corrected chi connectivity index (χ2v) is 5.80. The lowest BCUT2D eigenvalue weighted by Crippen LogP contribution is -2.40. The van der Waals surface area contributed by atoms with Crippen molar-refractivity contribution in [2.45, 2.75) is 44.4 Å². The molecule has 0 bridgehead atoms. The van der Waals surface area contributed by atoms with E-state index in [4.69, 9.17) is 9.47 Å². The molecule has 1 aromatic rings. The van der Waals surface area contributed by atoms with Crippen LogP contribution < -0.4 is 0 Å². The van der Waals surface area contributed by atoms with Gasteiger partial charge in [0.05, 0.1) is 12.6 Å². The maximum Gasteiger partial charge on any atom is 0.163 e. The fraction of sp³-hybridized carbons (Fsp3) is 0.600. The van der Waals surface area contributed by atoms with Crippen LogP contribution in [0.2, 0.25) is 0 Å². The van der Waals surface area contributed by atoms with Gasteiger partial charge in [-0.05, 0) is 19.4 Å². The monoisotopic (exact) mass is 263 g/mol. The van der Waals surface area contributed by atoms with E-state index >= 15 is 0 Å². The van der Waals surface area contributed by atoms with Crippen LogP contribution in [-0.2, 0) is 16.0 Å². The van der Waals surface area contributed by atoms with Crippen LogP contribution in [0.3, 0.4) is 0 Å². The molecule has 0 unspecified atom stereocenters. The van der Waals surface area contributed by atoms with E-state index in [1.807, 2.05) is 32.0 Å². The lowest BCUT2D eigenvalue weighted by Gasteiger charge is -2.28. The van der Waals surface area contributed by atoms with E-state index in [9.17, 15) is 5.11 Å². The standard InChI is InChI=1S/C15H21NO3/c1-15(2)18-13-9-16(12(10-17)14(13)19-15)8-11-6-4-3-5-7-11/h3-7,12-14,17H,8-10H2,1-2H3/t12-,13-,14+/m0/s1. The zero-order chi connectivity index (χ0) is 13.5. The second-order valence-electron chi connectivity index (χ2n) is 5.80. The highest BCUT2D eigenvalue weighted by atomic mass is 16.8. The molecule has 0 aliphatic carbocycles. The molecule has 19 heavy (non-hydrogen) atoms. The third-order valence-electron chi connectivity index (χ3n) is 3.90. The smallest absolute Gasteiger partial charge is 0.163 e. The highest BCUT2D eigenvalue weighted by molar-refractivity contribution is 5.15. The highest BCUT2D eigenvalue weighted by Crippen LogP contribution is 2.37. The van der Waals surface area contributed by atoms with Crippen LogP contribution in [0.25, 0.3) is 0 Å². The van der Waals surface area contributed by atoms with E-state index in [1.165, 1.54) is 5.56 Å². The fourth-order valence-corrected chi connectivity index (χ4v) is 3.12. The van der Waals surface area contributed by atoms with Crippen molar-refractivity contribution in [1.29, 1.82) is 0 Å². The molecule has 2 heterocycles. The third kappa shape index (κ3) is 2.54. The molecule has 2 aliphatic heterocycles. The van der Waals surface area contributed by atoms with Gasteiger partial charge < -0.3 is 14.6 Å². The van der Waals surface area contributed by atoms with Gasteiger partial charge in [0.25, 0.3) is 0 Å². The van der Waals surface area contributed by atoms with Gasteiger partial charge in [0.1, 0.15) is 12.2 Å². The van der Waals surface area contributed by atoms with Crippen LogP contribution >= 0.6 is 0 Å². The third-order valence-corrected chi connectivity index (χ3v) is 3.90. The van der Waals surface area contributed by atoms with Crippen molar-refractivity contribution in [3.05, 3.63) is 35.9 Å². The van der Waals surface area contributed by atoms with Gasteiger partial charge in [-0.25, -0.2) is 0 Å². The zero-order valence-electron chi connectivity index (χ0n) is 11.5. The normalized spacial score (nSPS) is 33.5. The quantitative estimate of drug-likeness (QED) is 0.894. The van der Waals surface area contributed by atoms with Crippen molar-refractivity contribution in [3.8, 4) is 0 Å². The number of aliphatic hydroxyl groups excluding tert-OH is 1. The minimum atomic E-state index is -0.526. The Bertz CT molecular complexity index is 434. The first-order valence-corrected chi connectivity index (χ1v) is 6.83. The summed E-state index contributed by atoms with van der Waals surface area (Å²) in [7, 11) is 0. The number of benzene rings is 1. The first kappa shape index (κ1) is 13.1. The molecular weight excluding hydrogens is 242 g/mol. The summed E-state index contributed by atoms with van der Waals surface area (Å²) in [6, 6.07) is 10.3. The summed E-state index contributed by atoms with van der Waals surface area (Å²) >= 11 is 0. The second kappa shape index (κ2) is 4.87. The Morgan fingerprint density at radius 2 is 2.00 bits per heavy atom. The number of hydrogen-bond donors (Lipinski definition) is 1. The predicted molar refractivity (Wildman–Crippen MR) is 71.6 cm³/mol.